The lowest BCUT2D eigenvalue weighted by molar-refractivity contribution is 1.12. The molecule has 0 saturated heterocycles. The largest absolute Gasteiger partial charge is 0.331 e. The number of benzene rings is 2. The van der Waals surface area contributed by atoms with Crippen LogP contribution in [0.2, 0.25) is 5.02 Å². The van der Waals surface area contributed by atoms with Crippen LogP contribution in [0.5, 0.6) is 0 Å². The van der Waals surface area contributed by atoms with Gasteiger partial charge in [-0.1, -0.05) is 29.3 Å². The lowest BCUT2D eigenvalue weighted by Crippen LogP contribution is -2.33. The molecule has 0 amide bonds. The standard InChI is InChI=1S/C15H16ClN3S/c1-10-3-8-14(11(2)9-10)18-19-15(20)17-13-6-4-12(16)5-7-13/h3-9,18H,1-2H3,(H2,17,19,20). The van der Waals surface area contributed by atoms with Gasteiger partial charge in [-0.2, -0.15) is 0 Å². The summed E-state index contributed by atoms with van der Waals surface area (Å²) < 4.78 is 0. The molecule has 2 aromatic carbocycles. The molecule has 0 spiro atoms. The average molecular weight is 306 g/mol. The van der Waals surface area contributed by atoms with Crippen molar-refractivity contribution in [2.45, 2.75) is 13.8 Å². The van der Waals surface area contributed by atoms with Gasteiger partial charge >= 0.3 is 0 Å². The Morgan fingerprint density at radius 1 is 1.05 bits per heavy atom. The van der Waals surface area contributed by atoms with Gasteiger partial charge in [0, 0.05) is 10.7 Å². The fourth-order valence-electron chi connectivity index (χ4n) is 1.77. The molecule has 0 heterocycles. The van der Waals surface area contributed by atoms with Crippen LogP contribution < -0.4 is 16.2 Å². The normalized spacial score (nSPS) is 9.95. The second-order valence-electron chi connectivity index (χ2n) is 4.53. The summed E-state index contributed by atoms with van der Waals surface area (Å²) in [6.45, 7) is 4.11. The topological polar surface area (TPSA) is 36.1 Å². The number of nitrogens with one attached hydrogen (secondary N) is 3. The van der Waals surface area contributed by atoms with Crippen molar-refractivity contribution in [1.29, 1.82) is 0 Å². The monoisotopic (exact) mass is 305 g/mol. The molecule has 2 aromatic rings. The highest BCUT2D eigenvalue weighted by molar-refractivity contribution is 7.80. The first-order valence-corrected chi connectivity index (χ1v) is 6.99. The number of hydrogen-bond donors (Lipinski definition) is 3. The zero-order valence-electron chi connectivity index (χ0n) is 11.3. The molecule has 0 aliphatic rings. The van der Waals surface area contributed by atoms with Crippen LogP contribution in [-0.4, -0.2) is 5.11 Å². The van der Waals surface area contributed by atoms with Crippen LogP contribution >= 0.6 is 23.8 Å². The summed E-state index contributed by atoms with van der Waals surface area (Å²) in [5, 5.41) is 4.26. The molecule has 104 valence electrons. The average Bonchev–Trinajstić information content (AvgIpc) is 2.40. The second-order valence-corrected chi connectivity index (χ2v) is 5.37. The Labute approximate surface area is 129 Å². The summed E-state index contributed by atoms with van der Waals surface area (Å²) in [5.74, 6) is 0. The maximum absolute atomic E-state index is 5.83. The van der Waals surface area contributed by atoms with Gasteiger partial charge in [0.1, 0.15) is 0 Å². The van der Waals surface area contributed by atoms with Crippen LogP contribution in [0.4, 0.5) is 11.4 Å². The van der Waals surface area contributed by atoms with Gasteiger partial charge < -0.3 is 5.32 Å². The number of anilines is 2. The van der Waals surface area contributed by atoms with Gasteiger partial charge in [0.05, 0.1) is 5.69 Å². The van der Waals surface area contributed by atoms with Crippen molar-refractivity contribution in [2.24, 2.45) is 0 Å². The summed E-state index contributed by atoms with van der Waals surface area (Å²) in [6, 6.07) is 13.5. The molecule has 3 N–H and O–H groups in total. The molecule has 0 fully saturated rings. The lowest BCUT2D eigenvalue weighted by Gasteiger charge is -2.14. The van der Waals surface area contributed by atoms with Gasteiger partial charge in [-0.05, 0) is 62.0 Å². The summed E-state index contributed by atoms with van der Waals surface area (Å²) in [6.07, 6.45) is 0. The molecule has 0 aliphatic carbocycles. The molecule has 0 saturated carbocycles. The number of hydrazine groups is 1. The fraction of sp³-hybridized carbons (Fsp3) is 0.133. The van der Waals surface area contributed by atoms with Crippen molar-refractivity contribution in [3.05, 3.63) is 58.6 Å². The molecule has 0 atom stereocenters. The maximum atomic E-state index is 5.83. The third-order valence-electron chi connectivity index (χ3n) is 2.79. The van der Waals surface area contributed by atoms with E-state index in [2.05, 4.69) is 29.2 Å². The number of hydrogen-bond acceptors (Lipinski definition) is 2. The molecule has 0 aliphatic heterocycles. The predicted octanol–water partition coefficient (Wildman–Crippen LogP) is 4.27. The summed E-state index contributed by atoms with van der Waals surface area (Å²) in [5.41, 5.74) is 10.3. The van der Waals surface area contributed by atoms with Crippen LogP contribution in [0, 0.1) is 13.8 Å². The highest BCUT2D eigenvalue weighted by atomic mass is 35.5. The van der Waals surface area contributed by atoms with Crippen molar-refractivity contribution in [3.8, 4) is 0 Å². The summed E-state index contributed by atoms with van der Waals surface area (Å²) >= 11 is 11.1. The van der Waals surface area contributed by atoms with Crippen LogP contribution in [0.25, 0.3) is 0 Å². The molecule has 2 rings (SSSR count). The Hall–Kier alpha value is -1.78. The zero-order valence-corrected chi connectivity index (χ0v) is 12.9. The van der Waals surface area contributed by atoms with E-state index >= 15 is 0 Å². The molecule has 0 aromatic heterocycles. The van der Waals surface area contributed by atoms with Crippen molar-refractivity contribution in [1.82, 2.24) is 5.43 Å². The van der Waals surface area contributed by atoms with E-state index in [1.165, 1.54) is 5.56 Å². The lowest BCUT2D eigenvalue weighted by atomic mass is 10.1. The molecular weight excluding hydrogens is 290 g/mol. The van der Waals surface area contributed by atoms with Gasteiger partial charge in [-0.25, -0.2) is 0 Å². The van der Waals surface area contributed by atoms with Gasteiger partial charge in [-0.3, -0.25) is 10.9 Å². The van der Waals surface area contributed by atoms with E-state index in [1.807, 2.05) is 43.3 Å². The maximum Gasteiger partial charge on any atom is 0.189 e. The van der Waals surface area contributed by atoms with Crippen molar-refractivity contribution in [3.63, 3.8) is 0 Å². The molecule has 3 nitrogen and oxygen atoms in total. The minimum Gasteiger partial charge on any atom is -0.331 e. The zero-order chi connectivity index (χ0) is 14.5. The number of halogens is 1. The third kappa shape index (κ3) is 4.11. The SMILES string of the molecule is Cc1ccc(NNC(=S)Nc2ccc(Cl)cc2)c(C)c1. The van der Waals surface area contributed by atoms with E-state index in [9.17, 15) is 0 Å². The number of aryl methyl sites for hydroxylation is 2. The molecule has 20 heavy (non-hydrogen) atoms. The third-order valence-corrected chi connectivity index (χ3v) is 3.25. The van der Waals surface area contributed by atoms with Crippen molar-refractivity contribution in [2.75, 3.05) is 10.7 Å². The highest BCUT2D eigenvalue weighted by Gasteiger charge is 2.00. The Balaban J connectivity index is 1.90. The van der Waals surface area contributed by atoms with E-state index < -0.39 is 0 Å². The van der Waals surface area contributed by atoms with Gasteiger partial charge in [0.15, 0.2) is 5.11 Å². The number of thiocarbonyl (C=S) groups is 1. The Morgan fingerprint density at radius 2 is 1.75 bits per heavy atom. The predicted molar refractivity (Wildman–Crippen MR) is 90.3 cm³/mol. The molecule has 5 heteroatoms. The van der Waals surface area contributed by atoms with E-state index in [0.717, 1.165) is 16.9 Å². The Morgan fingerprint density at radius 3 is 2.40 bits per heavy atom. The van der Waals surface area contributed by atoms with E-state index in [-0.39, 0.29) is 0 Å². The minimum absolute atomic E-state index is 0.493. The van der Waals surface area contributed by atoms with Gasteiger partial charge in [0.25, 0.3) is 0 Å². The molecule has 0 bridgehead atoms. The first-order valence-electron chi connectivity index (χ1n) is 6.20. The smallest absolute Gasteiger partial charge is 0.189 e. The highest BCUT2D eigenvalue weighted by Crippen LogP contribution is 2.15. The second kappa shape index (κ2) is 6.59. The summed E-state index contributed by atoms with van der Waals surface area (Å²) in [4.78, 5) is 0. The minimum atomic E-state index is 0.493. The first kappa shape index (κ1) is 14.6. The quantitative estimate of drug-likeness (QED) is 0.584. The fourth-order valence-corrected chi connectivity index (χ4v) is 2.07. The first-order chi connectivity index (χ1) is 9.54. The molecular formula is C15H16ClN3S. The Bertz CT molecular complexity index is 611. The van der Waals surface area contributed by atoms with E-state index in [1.54, 1.807) is 0 Å². The van der Waals surface area contributed by atoms with Crippen molar-refractivity contribution < 1.29 is 0 Å². The van der Waals surface area contributed by atoms with E-state index in [0.29, 0.717) is 10.1 Å². The van der Waals surface area contributed by atoms with Crippen LogP contribution in [0.15, 0.2) is 42.5 Å². The van der Waals surface area contributed by atoms with Crippen LogP contribution in [0.1, 0.15) is 11.1 Å². The molecule has 0 radical (unpaired) electrons. The van der Waals surface area contributed by atoms with Crippen LogP contribution in [0.3, 0.4) is 0 Å². The Kier molecular flexibility index (Phi) is 4.82. The van der Waals surface area contributed by atoms with Crippen molar-refractivity contribution >= 4 is 40.3 Å². The number of rotatable bonds is 3. The van der Waals surface area contributed by atoms with Crippen LogP contribution in [-0.2, 0) is 0 Å². The van der Waals surface area contributed by atoms with Gasteiger partial charge in [-0.15, -0.1) is 0 Å². The summed E-state index contributed by atoms with van der Waals surface area (Å²) in [7, 11) is 0. The van der Waals surface area contributed by atoms with Gasteiger partial charge in [0.2, 0.25) is 0 Å². The van der Waals surface area contributed by atoms with E-state index in [4.69, 9.17) is 23.8 Å². The molecule has 0 unspecified atom stereocenters.